The van der Waals surface area contributed by atoms with Crippen LogP contribution < -0.4 is 5.32 Å². The van der Waals surface area contributed by atoms with Gasteiger partial charge in [-0.1, -0.05) is 6.42 Å². The van der Waals surface area contributed by atoms with Gasteiger partial charge >= 0.3 is 0 Å². The smallest absolute Gasteiger partial charge is 0.263 e. The minimum atomic E-state index is 0.622. The highest BCUT2D eigenvalue weighted by Gasteiger charge is 2.20. The quantitative estimate of drug-likeness (QED) is 0.770. The van der Waals surface area contributed by atoms with Crippen molar-refractivity contribution in [1.29, 1.82) is 0 Å². The molecule has 1 saturated carbocycles. The average Bonchev–Trinajstić information content (AvgIpc) is 2.46. The van der Waals surface area contributed by atoms with Gasteiger partial charge in [-0.2, -0.15) is 4.98 Å². The third-order valence-electron chi connectivity index (χ3n) is 2.49. The molecule has 1 fully saturated rings. The Morgan fingerprint density at radius 3 is 3.00 bits per heavy atom. The third-order valence-corrected chi connectivity index (χ3v) is 2.49. The maximum absolute atomic E-state index is 5.10. The molecule has 1 aliphatic rings. The Balaban J connectivity index is 1.88. The topological polar surface area (TPSA) is 51.0 Å². The number of hydrogen-bond acceptors (Lipinski definition) is 4. The van der Waals surface area contributed by atoms with Gasteiger partial charge in [0.05, 0.1) is 0 Å². The van der Waals surface area contributed by atoms with Gasteiger partial charge in [-0.15, -0.1) is 0 Å². The van der Waals surface area contributed by atoms with Crippen LogP contribution in [0.2, 0.25) is 0 Å². The first-order chi connectivity index (χ1) is 6.38. The van der Waals surface area contributed by atoms with Crippen LogP contribution in [0.25, 0.3) is 0 Å². The van der Waals surface area contributed by atoms with E-state index < -0.39 is 0 Å². The first-order valence-corrected chi connectivity index (χ1v) is 4.95. The van der Waals surface area contributed by atoms with Crippen molar-refractivity contribution in [3.63, 3.8) is 0 Å². The Kier molecular flexibility index (Phi) is 2.47. The molecule has 0 radical (unpaired) electrons. The monoisotopic (exact) mass is 181 g/mol. The summed E-state index contributed by atoms with van der Waals surface area (Å²) >= 11 is 0. The van der Waals surface area contributed by atoms with Gasteiger partial charge in [0.1, 0.15) is 0 Å². The lowest BCUT2D eigenvalue weighted by atomic mass is 9.83. The van der Waals surface area contributed by atoms with Gasteiger partial charge in [-0.25, -0.2) is 0 Å². The molecule has 0 aromatic carbocycles. The number of rotatable bonds is 4. The zero-order chi connectivity index (χ0) is 9.10. The van der Waals surface area contributed by atoms with Crippen LogP contribution in [-0.2, 0) is 6.42 Å². The summed E-state index contributed by atoms with van der Waals surface area (Å²) in [4.78, 5) is 4.23. The lowest BCUT2D eigenvalue weighted by Crippen LogP contribution is -2.13. The van der Waals surface area contributed by atoms with Crippen molar-refractivity contribution < 1.29 is 4.52 Å². The normalized spacial score (nSPS) is 17.0. The Morgan fingerprint density at radius 1 is 1.54 bits per heavy atom. The highest BCUT2D eigenvalue weighted by atomic mass is 16.5. The minimum Gasteiger partial charge on any atom is -0.352 e. The fourth-order valence-corrected chi connectivity index (χ4v) is 1.51. The van der Waals surface area contributed by atoms with Crippen LogP contribution in [0.1, 0.15) is 32.1 Å². The molecule has 13 heavy (non-hydrogen) atoms. The molecule has 2 rings (SSSR count). The second-order valence-corrected chi connectivity index (χ2v) is 3.54. The molecule has 0 amide bonds. The summed E-state index contributed by atoms with van der Waals surface area (Å²) in [6, 6.07) is 0. The van der Waals surface area contributed by atoms with Gasteiger partial charge in [-0.3, -0.25) is 0 Å². The minimum absolute atomic E-state index is 0.622. The molecular weight excluding hydrogens is 166 g/mol. The van der Waals surface area contributed by atoms with Gasteiger partial charge in [0.15, 0.2) is 0 Å². The van der Waals surface area contributed by atoms with Crippen LogP contribution in [0.4, 0.5) is 5.95 Å². The molecule has 0 atom stereocenters. The zero-order valence-corrected chi connectivity index (χ0v) is 7.92. The van der Waals surface area contributed by atoms with Crippen LogP contribution in [0, 0.1) is 5.92 Å². The van der Waals surface area contributed by atoms with E-state index in [-0.39, 0.29) is 0 Å². The predicted octanol–water partition coefficient (Wildman–Crippen LogP) is 1.84. The summed E-state index contributed by atoms with van der Waals surface area (Å²) in [5.74, 6) is 2.19. The first-order valence-electron chi connectivity index (χ1n) is 4.95. The van der Waals surface area contributed by atoms with Gasteiger partial charge in [0.25, 0.3) is 5.95 Å². The summed E-state index contributed by atoms with van der Waals surface area (Å²) in [7, 11) is 0. The highest BCUT2D eigenvalue weighted by Crippen LogP contribution is 2.29. The number of aromatic nitrogens is 2. The Bertz CT molecular complexity index is 268. The average molecular weight is 181 g/mol. The maximum Gasteiger partial charge on any atom is 0.263 e. The molecule has 0 saturated heterocycles. The second kappa shape index (κ2) is 3.77. The largest absolute Gasteiger partial charge is 0.352 e. The van der Waals surface area contributed by atoms with E-state index in [9.17, 15) is 0 Å². The molecule has 0 spiro atoms. The number of nitrogens with zero attached hydrogens (tertiary/aromatic N) is 2. The summed E-state index contributed by atoms with van der Waals surface area (Å²) in [5.41, 5.74) is 0. The van der Waals surface area contributed by atoms with Crippen molar-refractivity contribution in [2.24, 2.45) is 5.92 Å². The Labute approximate surface area is 77.7 Å². The van der Waals surface area contributed by atoms with Gasteiger partial charge in [0, 0.05) is 13.0 Å². The summed E-state index contributed by atoms with van der Waals surface area (Å²) in [5, 5.41) is 6.84. The molecule has 0 bridgehead atoms. The van der Waals surface area contributed by atoms with E-state index in [1.54, 1.807) is 0 Å². The van der Waals surface area contributed by atoms with Crippen LogP contribution in [0.3, 0.4) is 0 Å². The van der Waals surface area contributed by atoms with Crippen molar-refractivity contribution in [2.45, 2.75) is 32.6 Å². The van der Waals surface area contributed by atoms with Gasteiger partial charge in [0.2, 0.25) is 5.89 Å². The van der Waals surface area contributed by atoms with Crippen LogP contribution in [0.5, 0.6) is 0 Å². The molecule has 4 nitrogen and oxygen atoms in total. The van der Waals surface area contributed by atoms with Crippen molar-refractivity contribution in [2.75, 3.05) is 11.9 Å². The molecule has 4 heteroatoms. The van der Waals surface area contributed by atoms with Crippen LogP contribution in [-0.4, -0.2) is 16.7 Å². The van der Waals surface area contributed by atoms with Gasteiger partial charge < -0.3 is 9.84 Å². The SMILES string of the molecule is CCNc1noc(CC2CCC2)n1. The van der Waals surface area contributed by atoms with E-state index in [4.69, 9.17) is 4.52 Å². The van der Waals surface area contributed by atoms with Crippen molar-refractivity contribution in [3.8, 4) is 0 Å². The van der Waals surface area contributed by atoms with Crippen molar-refractivity contribution >= 4 is 5.95 Å². The third kappa shape index (κ3) is 1.99. The maximum atomic E-state index is 5.10. The van der Waals surface area contributed by atoms with Crippen molar-refractivity contribution in [3.05, 3.63) is 5.89 Å². The Hall–Kier alpha value is -1.06. The standard InChI is InChI=1S/C9H15N3O/c1-2-10-9-11-8(13-12-9)6-7-4-3-5-7/h7H,2-6H2,1H3,(H,10,12). The predicted molar refractivity (Wildman–Crippen MR) is 49.5 cm³/mol. The molecule has 1 N–H and O–H groups in total. The molecular formula is C9H15N3O. The van der Waals surface area contributed by atoms with E-state index in [0.717, 1.165) is 24.8 Å². The van der Waals surface area contributed by atoms with E-state index in [1.165, 1.54) is 19.3 Å². The fourth-order valence-electron chi connectivity index (χ4n) is 1.51. The lowest BCUT2D eigenvalue weighted by Gasteiger charge is -2.23. The Morgan fingerprint density at radius 2 is 2.38 bits per heavy atom. The highest BCUT2D eigenvalue weighted by molar-refractivity contribution is 5.20. The second-order valence-electron chi connectivity index (χ2n) is 3.54. The van der Waals surface area contributed by atoms with Crippen molar-refractivity contribution in [1.82, 2.24) is 10.1 Å². The molecule has 0 aliphatic heterocycles. The van der Waals surface area contributed by atoms with Crippen LogP contribution >= 0.6 is 0 Å². The molecule has 72 valence electrons. The molecule has 1 heterocycles. The van der Waals surface area contributed by atoms with E-state index in [0.29, 0.717) is 5.95 Å². The number of anilines is 1. The number of nitrogens with one attached hydrogen (secondary N) is 1. The van der Waals surface area contributed by atoms with Gasteiger partial charge in [-0.05, 0) is 30.8 Å². The molecule has 0 unspecified atom stereocenters. The fraction of sp³-hybridized carbons (Fsp3) is 0.778. The van der Waals surface area contributed by atoms with E-state index in [1.807, 2.05) is 6.92 Å². The molecule has 1 aromatic rings. The number of hydrogen-bond donors (Lipinski definition) is 1. The lowest BCUT2D eigenvalue weighted by molar-refractivity contribution is 0.273. The van der Waals surface area contributed by atoms with Crippen LogP contribution in [0.15, 0.2) is 4.52 Å². The molecule has 1 aliphatic carbocycles. The molecule has 1 aromatic heterocycles. The summed E-state index contributed by atoms with van der Waals surface area (Å²) < 4.78 is 5.10. The first kappa shape index (κ1) is 8.53. The van der Waals surface area contributed by atoms with E-state index in [2.05, 4.69) is 15.5 Å². The summed E-state index contributed by atoms with van der Waals surface area (Å²) in [6.45, 7) is 2.85. The van der Waals surface area contributed by atoms with E-state index >= 15 is 0 Å². The summed E-state index contributed by atoms with van der Waals surface area (Å²) in [6.07, 6.45) is 4.95. The zero-order valence-electron chi connectivity index (χ0n) is 7.92.